The molecule has 40 heavy (non-hydrogen) atoms. The third kappa shape index (κ3) is 6.50. The predicted octanol–water partition coefficient (Wildman–Crippen LogP) is 3.57. The number of carboxylic acids is 1. The van der Waals surface area contributed by atoms with Crippen molar-refractivity contribution in [1.29, 1.82) is 5.26 Å². The second kappa shape index (κ2) is 11.8. The molecule has 5 atom stereocenters. The minimum Gasteiger partial charge on any atom is -0.475 e. The molecule has 1 aromatic rings. The van der Waals surface area contributed by atoms with Gasteiger partial charge in [-0.1, -0.05) is 5.92 Å². The summed E-state index contributed by atoms with van der Waals surface area (Å²) >= 11 is 0. The highest BCUT2D eigenvalue weighted by molar-refractivity contribution is 5.95. The Morgan fingerprint density at radius 3 is 1.88 bits per heavy atom. The fourth-order valence-corrected chi connectivity index (χ4v) is 5.58. The molecule has 4 rings (SSSR count). The van der Waals surface area contributed by atoms with E-state index in [4.69, 9.17) is 22.1 Å². The number of piperidine rings is 1. The highest BCUT2D eigenvalue weighted by atomic mass is 19.4. The van der Waals surface area contributed by atoms with Gasteiger partial charge in [-0.3, -0.25) is 9.59 Å². The molecule has 14 heteroatoms. The van der Waals surface area contributed by atoms with Crippen LogP contribution in [0.25, 0.3) is 0 Å². The van der Waals surface area contributed by atoms with Crippen LogP contribution in [-0.4, -0.2) is 69.1 Å². The summed E-state index contributed by atoms with van der Waals surface area (Å²) in [6, 6.07) is 4.29. The number of terminal acetylenes is 1. The van der Waals surface area contributed by atoms with Crippen LogP contribution >= 0.6 is 0 Å². The second-order valence-corrected chi connectivity index (χ2v) is 9.88. The maximum Gasteiger partial charge on any atom is 0.490 e. The molecule has 3 fully saturated rings. The molecule has 0 radical (unpaired) electrons. The standard InChI is InChI=1S/C24H25F3N4O2.C2HF3O2/c1-2-17-7-10-20(13-28)30(17)23(33)21(29)15-11-18-8-9-19(12-15)31(18)22(32)14-3-5-16(6-4-14)24(25,26)27;3-2(4,5)1(6)7/h1,3-6,15,17-21H,7-12,29H2;(H,6,7)/t15?,17-,18?,19?,20-,21-;/m0./s1. The van der Waals surface area contributed by atoms with E-state index in [0.717, 1.165) is 25.0 Å². The number of nitrogens with two attached hydrogens (primary N) is 1. The lowest BCUT2D eigenvalue weighted by Crippen LogP contribution is -2.56. The monoisotopic (exact) mass is 572 g/mol. The first-order valence-electron chi connectivity index (χ1n) is 12.3. The van der Waals surface area contributed by atoms with E-state index in [1.807, 2.05) is 0 Å². The third-order valence-electron chi connectivity index (χ3n) is 7.48. The van der Waals surface area contributed by atoms with Crippen LogP contribution in [0.5, 0.6) is 0 Å². The van der Waals surface area contributed by atoms with Gasteiger partial charge >= 0.3 is 18.3 Å². The summed E-state index contributed by atoms with van der Waals surface area (Å²) in [6.45, 7) is 0. The van der Waals surface area contributed by atoms with Crippen LogP contribution < -0.4 is 5.73 Å². The van der Waals surface area contributed by atoms with Crippen LogP contribution in [0.15, 0.2) is 24.3 Å². The summed E-state index contributed by atoms with van der Waals surface area (Å²) in [5, 5.41) is 16.5. The number of carbonyl (C=O) groups excluding carboxylic acids is 2. The van der Waals surface area contributed by atoms with Crippen molar-refractivity contribution in [2.24, 2.45) is 11.7 Å². The first-order valence-corrected chi connectivity index (χ1v) is 12.3. The normalized spacial score (nSPS) is 26.7. The average Bonchev–Trinajstić information content (AvgIpc) is 3.43. The highest BCUT2D eigenvalue weighted by Gasteiger charge is 2.48. The molecule has 216 valence electrons. The van der Waals surface area contributed by atoms with Crippen LogP contribution in [0, 0.1) is 29.6 Å². The summed E-state index contributed by atoms with van der Waals surface area (Å²) in [4.78, 5) is 38.3. The van der Waals surface area contributed by atoms with Gasteiger partial charge in [0.05, 0.1) is 23.7 Å². The Morgan fingerprint density at radius 2 is 1.45 bits per heavy atom. The number of carboxylic acid groups (broad SMARTS) is 1. The van der Waals surface area contributed by atoms with Gasteiger partial charge in [0.2, 0.25) is 5.91 Å². The Labute approximate surface area is 225 Å². The third-order valence-corrected chi connectivity index (χ3v) is 7.48. The number of likely N-dealkylation sites (tertiary alicyclic amines) is 1. The van der Waals surface area contributed by atoms with E-state index in [9.17, 15) is 41.2 Å². The molecule has 3 aliphatic heterocycles. The molecule has 2 unspecified atom stereocenters. The minimum atomic E-state index is -5.08. The van der Waals surface area contributed by atoms with Gasteiger partial charge in [-0.2, -0.15) is 31.6 Å². The van der Waals surface area contributed by atoms with Crippen LogP contribution in [0.2, 0.25) is 0 Å². The fraction of sp³-hybridized carbons (Fsp3) is 0.538. The summed E-state index contributed by atoms with van der Waals surface area (Å²) in [5.74, 6) is -0.969. The molecule has 0 aliphatic carbocycles. The molecule has 1 aromatic carbocycles. The number of aliphatic carboxylic acids is 1. The molecule has 2 bridgehead atoms. The predicted molar refractivity (Wildman–Crippen MR) is 127 cm³/mol. The lowest BCUT2D eigenvalue weighted by atomic mass is 9.84. The van der Waals surface area contributed by atoms with Gasteiger partial charge < -0.3 is 20.6 Å². The van der Waals surface area contributed by atoms with E-state index in [1.54, 1.807) is 4.90 Å². The quantitative estimate of drug-likeness (QED) is 0.421. The molecule has 2 amide bonds. The summed E-state index contributed by atoms with van der Waals surface area (Å²) in [6.07, 6.45) is -0.329. The minimum absolute atomic E-state index is 0.129. The molecule has 3 saturated heterocycles. The van der Waals surface area contributed by atoms with Crippen LogP contribution in [-0.2, 0) is 15.8 Å². The molecular weight excluding hydrogens is 546 g/mol. The van der Waals surface area contributed by atoms with E-state index in [2.05, 4.69) is 12.0 Å². The molecular formula is C26H26F6N4O4. The maximum atomic E-state index is 13.1. The van der Waals surface area contributed by atoms with Crippen molar-refractivity contribution in [3.63, 3.8) is 0 Å². The number of amides is 2. The van der Waals surface area contributed by atoms with Crippen molar-refractivity contribution >= 4 is 17.8 Å². The van der Waals surface area contributed by atoms with E-state index >= 15 is 0 Å². The lowest BCUT2D eigenvalue weighted by molar-refractivity contribution is -0.192. The number of nitriles is 1. The number of hydrogen-bond donors (Lipinski definition) is 2. The number of fused-ring (bicyclic) bond motifs is 2. The zero-order valence-corrected chi connectivity index (χ0v) is 21.0. The average molecular weight is 573 g/mol. The summed E-state index contributed by atoms with van der Waals surface area (Å²) < 4.78 is 70.2. The highest BCUT2D eigenvalue weighted by Crippen LogP contribution is 2.41. The van der Waals surface area contributed by atoms with E-state index in [-0.39, 0.29) is 35.4 Å². The first-order chi connectivity index (χ1) is 18.6. The Bertz CT molecular complexity index is 1170. The van der Waals surface area contributed by atoms with Gasteiger partial charge in [0.15, 0.2) is 0 Å². The SMILES string of the molecule is C#C[C@H]1CC[C@@H](C#N)N1C(=O)[C@@H](N)C1CC2CCC(C1)N2C(=O)c1ccc(C(F)(F)F)cc1.O=C(O)C(F)(F)F. The van der Waals surface area contributed by atoms with E-state index in [0.29, 0.717) is 25.7 Å². The Kier molecular flexibility index (Phi) is 9.04. The number of benzene rings is 1. The smallest absolute Gasteiger partial charge is 0.475 e. The summed E-state index contributed by atoms with van der Waals surface area (Å²) in [5.41, 5.74) is 5.78. The zero-order chi connectivity index (χ0) is 30.0. The van der Waals surface area contributed by atoms with Crippen molar-refractivity contribution in [2.75, 3.05) is 0 Å². The van der Waals surface area contributed by atoms with Crippen molar-refractivity contribution < 1.29 is 45.8 Å². The van der Waals surface area contributed by atoms with Crippen molar-refractivity contribution in [3.05, 3.63) is 35.4 Å². The molecule has 8 nitrogen and oxygen atoms in total. The van der Waals surface area contributed by atoms with Crippen molar-refractivity contribution in [3.8, 4) is 18.4 Å². The number of alkyl halides is 6. The van der Waals surface area contributed by atoms with Crippen LogP contribution in [0.1, 0.15) is 54.4 Å². The van der Waals surface area contributed by atoms with Gasteiger partial charge in [-0.15, -0.1) is 6.42 Å². The molecule has 0 saturated carbocycles. The zero-order valence-electron chi connectivity index (χ0n) is 21.0. The molecule has 3 aliphatic rings. The Morgan fingerprint density at radius 1 is 0.950 bits per heavy atom. The van der Waals surface area contributed by atoms with Gasteiger partial charge in [0.1, 0.15) is 6.04 Å². The topological polar surface area (TPSA) is 128 Å². The summed E-state index contributed by atoms with van der Waals surface area (Å²) in [7, 11) is 0. The number of carbonyl (C=O) groups is 3. The Balaban J connectivity index is 0.000000559. The maximum absolute atomic E-state index is 13.1. The van der Waals surface area contributed by atoms with Gasteiger partial charge in [-0.25, -0.2) is 4.79 Å². The molecule has 0 spiro atoms. The van der Waals surface area contributed by atoms with Crippen molar-refractivity contribution in [2.45, 2.75) is 81.1 Å². The van der Waals surface area contributed by atoms with Gasteiger partial charge in [0, 0.05) is 17.6 Å². The van der Waals surface area contributed by atoms with Crippen LogP contribution in [0.3, 0.4) is 0 Å². The molecule has 3 N–H and O–H groups in total. The van der Waals surface area contributed by atoms with Gasteiger partial charge in [0.25, 0.3) is 5.91 Å². The lowest BCUT2D eigenvalue weighted by Gasteiger charge is -2.41. The Hall–Kier alpha value is -3.78. The van der Waals surface area contributed by atoms with Crippen LogP contribution in [0.4, 0.5) is 26.3 Å². The van der Waals surface area contributed by atoms with Gasteiger partial charge in [-0.05, 0) is 68.7 Å². The number of rotatable bonds is 3. The van der Waals surface area contributed by atoms with Crippen molar-refractivity contribution in [1.82, 2.24) is 9.80 Å². The second-order valence-electron chi connectivity index (χ2n) is 9.88. The first kappa shape index (κ1) is 30.8. The molecule has 0 aromatic heterocycles. The number of hydrogen-bond acceptors (Lipinski definition) is 5. The number of nitrogens with zero attached hydrogens (tertiary/aromatic N) is 3. The molecule has 3 heterocycles. The fourth-order valence-electron chi connectivity index (χ4n) is 5.58. The largest absolute Gasteiger partial charge is 0.490 e. The number of halogens is 6. The van der Waals surface area contributed by atoms with E-state index in [1.165, 1.54) is 17.0 Å². The van der Waals surface area contributed by atoms with E-state index < -0.39 is 42.0 Å².